The fraction of sp³-hybridized carbons (Fsp3) is 0. The molecule has 0 aliphatic rings. The Balaban J connectivity index is 0. The van der Waals surface area contributed by atoms with Crippen molar-refractivity contribution in [3.8, 4) is 5.75 Å². The third-order valence-corrected chi connectivity index (χ3v) is 1.03. The van der Waals surface area contributed by atoms with Gasteiger partial charge in [0.05, 0.1) is 0 Å². The molecule has 2 nitrogen and oxygen atoms in total. The van der Waals surface area contributed by atoms with Gasteiger partial charge in [0, 0.05) is 27.3 Å². The summed E-state index contributed by atoms with van der Waals surface area (Å²) in [6.45, 7) is 0. The van der Waals surface area contributed by atoms with Crippen molar-refractivity contribution in [3.63, 3.8) is 0 Å². The van der Waals surface area contributed by atoms with Gasteiger partial charge in [0.1, 0.15) is 12.0 Å². The van der Waals surface area contributed by atoms with Crippen LogP contribution >= 0.6 is 8.02 Å². The van der Waals surface area contributed by atoms with Crippen LogP contribution in [0.5, 0.6) is 5.75 Å². The van der Waals surface area contributed by atoms with Gasteiger partial charge in [-0.3, -0.25) is 4.79 Å². The summed E-state index contributed by atoms with van der Waals surface area (Å²) in [5, 5.41) is 8.74. The maximum absolute atomic E-state index is 10.0. The maximum Gasteiger partial charge on any atom is 0.150 e. The van der Waals surface area contributed by atoms with Crippen molar-refractivity contribution in [1.29, 1.82) is 0 Å². The molecule has 0 amide bonds. The van der Waals surface area contributed by atoms with Crippen LogP contribution in [0.15, 0.2) is 24.3 Å². The maximum atomic E-state index is 10.0. The Labute approximate surface area is 93.1 Å². The molecule has 5 heteroatoms. The molecule has 0 radical (unpaired) electrons. The summed E-state index contributed by atoms with van der Waals surface area (Å²) in [6, 6.07) is 6.07. The van der Waals surface area contributed by atoms with Gasteiger partial charge in [0.25, 0.3) is 0 Å². The first kappa shape index (κ1) is 14.4. The molecule has 1 rings (SSSR count). The minimum atomic E-state index is 0. The molecule has 0 bridgehead atoms. The monoisotopic (exact) mass is 234 g/mol. The van der Waals surface area contributed by atoms with Crippen molar-refractivity contribution in [2.24, 2.45) is 0 Å². The van der Waals surface area contributed by atoms with Crippen molar-refractivity contribution in [2.45, 2.75) is 0 Å². The fourth-order valence-corrected chi connectivity index (χ4v) is 0.553. The van der Waals surface area contributed by atoms with Crippen LogP contribution in [0.3, 0.4) is 0 Å². The van der Waals surface area contributed by atoms with Crippen LogP contribution in [-0.4, -0.2) is 11.4 Å². The van der Waals surface area contributed by atoms with E-state index in [4.69, 9.17) is 5.11 Å². The van der Waals surface area contributed by atoms with Crippen LogP contribution in [-0.2, 0) is 33.5 Å². The van der Waals surface area contributed by atoms with Gasteiger partial charge in [0.2, 0.25) is 0 Å². The Morgan fingerprint density at radius 3 is 2.00 bits per heavy atom. The molecule has 0 aliphatic heterocycles. The van der Waals surface area contributed by atoms with Gasteiger partial charge in [-0.1, -0.05) is 11.8 Å². The topological polar surface area (TPSA) is 37.3 Å². The van der Waals surface area contributed by atoms with E-state index in [1.54, 1.807) is 12.1 Å². The van der Waals surface area contributed by atoms with Crippen LogP contribution in [0.25, 0.3) is 0 Å². The zero-order valence-corrected chi connectivity index (χ0v) is 9.53. The Bertz CT molecular complexity index is 227. The predicted molar refractivity (Wildman–Crippen MR) is 49.2 cm³/mol. The molecule has 0 fully saturated rings. The molecule has 1 N–H and O–H groups in total. The van der Waals surface area contributed by atoms with Crippen LogP contribution in [0.2, 0.25) is 0 Å². The van der Waals surface area contributed by atoms with Crippen LogP contribution in [0.1, 0.15) is 10.4 Å². The zero-order chi connectivity index (χ0) is 8.69. The third kappa shape index (κ3) is 5.56. The summed E-state index contributed by atoms with van der Waals surface area (Å²) in [6.07, 6.45) is 0.736. The average Bonchev–Trinajstić information content (AvgIpc) is 2.10. The number of hydrogen-bond donors (Lipinski definition) is 1. The van der Waals surface area contributed by atoms with Gasteiger partial charge < -0.3 is 5.11 Å². The molecule has 0 spiro atoms. The van der Waals surface area contributed by atoms with Gasteiger partial charge in [-0.05, 0) is 32.3 Å². The summed E-state index contributed by atoms with van der Waals surface area (Å²) >= 11 is 3.89. The summed E-state index contributed by atoms with van der Waals surface area (Å²) in [5.74, 6) is 0.181. The summed E-state index contributed by atoms with van der Waals surface area (Å²) in [4.78, 5) is 10.0. The number of rotatable bonds is 1. The molecular formula is C7H7O2PSTi. The number of aromatic hydroxyl groups is 1. The second kappa shape index (κ2) is 9.02. The number of hydrogen-bond acceptors (Lipinski definition) is 3. The van der Waals surface area contributed by atoms with Gasteiger partial charge in [-0.25, -0.2) is 0 Å². The van der Waals surface area contributed by atoms with E-state index in [1.807, 2.05) is 0 Å². The zero-order valence-electron chi connectivity index (χ0n) is 6.15. The Morgan fingerprint density at radius 2 is 1.67 bits per heavy atom. The molecule has 0 unspecified atom stereocenters. The number of carbonyl (C=O) groups is 1. The first-order valence-electron chi connectivity index (χ1n) is 2.77. The second-order valence-electron chi connectivity index (χ2n) is 1.71. The van der Waals surface area contributed by atoms with Crippen molar-refractivity contribution in [2.75, 3.05) is 0 Å². The fourth-order valence-electron chi connectivity index (χ4n) is 0.553. The average molecular weight is 234 g/mol. The van der Waals surface area contributed by atoms with Gasteiger partial charge in [-0.2, -0.15) is 0 Å². The largest absolute Gasteiger partial charge is 0.508 e. The predicted octanol–water partition coefficient (Wildman–Crippen LogP) is 1.79. The van der Waals surface area contributed by atoms with Gasteiger partial charge in [0.15, 0.2) is 0 Å². The SMILES string of the molecule is O=Cc1ccc(O)cc1.P=S.[Ti]. The summed E-state index contributed by atoms with van der Waals surface area (Å²) < 4.78 is 0. The van der Waals surface area contributed by atoms with Crippen molar-refractivity contribution < 1.29 is 31.6 Å². The molecule has 0 saturated heterocycles. The van der Waals surface area contributed by atoms with E-state index < -0.39 is 0 Å². The van der Waals surface area contributed by atoms with E-state index in [1.165, 1.54) is 12.1 Å². The molecule has 62 valence electrons. The Kier molecular flexibility index (Phi) is 10.9. The third-order valence-electron chi connectivity index (χ3n) is 1.03. The summed E-state index contributed by atoms with van der Waals surface area (Å²) in [5.41, 5.74) is 0.577. The van der Waals surface area contributed by atoms with E-state index >= 15 is 0 Å². The number of benzene rings is 1. The number of aldehydes is 1. The number of carbonyl (C=O) groups excluding carboxylic acids is 1. The minimum Gasteiger partial charge on any atom is -0.508 e. The first-order chi connectivity index (χ1) is 5.33. The number of phenolic OH excluding ortho intramolecular Hbond substituents is 1. The molecule has 0 aliphatic carbocycles. The molecule has 0 aromatic heterocycles. The normalized spacial score (nSPS) is 7.00. The van der Waals surface area contributed by atoms with Gasteiger partial charge >= 0.3 is 0 Å². The molecule has 0 atom stereocenters. The van der Waals surface area contributed by atoms with E-state index in [-0.39, 0.29) is 27.5 Å². The van der Waals surface area contributed by atoms with E-state index in [9.17, 15) is 4.79 Å². The van der Waals surface area contributed by atoms with E-state index in [0.29, 0.717) is 5.56 Å². The molecule has 12 heavy (non-hydrogen) atoms. The van der Waals surface area contributed by atoms with Crippen LogP contribution < -0.4 is 0 Å². The minimum absolute atomic E-state index is 0. The van der Waals surface area contributed by atoms with Crippen molar-refractivity contribution in [3.05, 3.63) is 29.8 Å². The molecule has 0 saturated carbocycles. The van der Waals surface area contributed by atoms with Crippen LogP contribution in [0, 0.1) is 0 Å². The summed E-state index contributed by atoms with van der Waals surface area (Å²) in [7, 11) is 2.56. The number of phenols is 1. The van der Waals surface area contributed by atoms with Crippen LogP contribution in [0.4, 0.5) is 0 Å². The Morgan fingerprint density at radius 1 is 1.25 bits per heavy atom. The molecule has 1 aromatic rings. The standard InChI is InChI=1S/C7H6O2.HPS.Ti/c8-5-6-1-3-7(9)4-2-6;1-2;/h1-5,9H;1H;. The molecular weight excluding hydrogens is 227 g/mol. The van der Waals surface area contributed by atoms with Crippen molar-refractivity contribution in [1.82, 2.24) is 0 Å². The Hall–Kier alpha value is -0.0757. The first-order valence-corrected chi connectivity index (χ1v) is 4.41. The molecule has 0 heterocycles. The van der Waals surface area contributed by atoms with Gasteiger partial charge in [-0.15, -0.1) is 0 Å². The second-order valence-corrected chi connectivity index (χ2v) is 1.71. The van der Waals surface area contributed by atoms with Crippen molar-refractivity contribution >= 4 is 26.1 Å². The van der Waals surface area contributed by atoms with E-state index in [0.717, 1.165) is 6.29 Å². The smallest absolute Gasteiger partial charge is 0.150 e. The molecule has 1 aromatic carbocycles. The quantitative estimate of drug-likeness (QED) is 0.457. The van der Waals surface area contributed by atoms with E-state index in [2.05, 4.69) is 19.8 Å².